The van der Waals surface area contributed by atoms with Gasteiger partial charge >= 0.3 is 0 Å². The van der Waals surface area contributed by atoms with Gasteiger partial charge in [-0.25, -0.2) is 13.8 Å². The Labute approximate surface area is 225 Å². The lowest BCUT2D eigenvalue weighted by molar-refractivity contribution is 0.386. The smallest absolute Gasteiger partial charge is 0.261 e. The summed E-state index contributed by atoms with van der Waals surface area (Å²) in [4.78, 5) is 18.7. The lowest BCUT2D eigenvalue weighted by atomic mass is 9.92. The first-order chi connectivity index (χ1) is 18.2. The highest BCUT2D eigenvalue weighted by atomic mass is 19.1. The van der Waals surface area contributed by atoms with Crippen molar-refractivity contribution in [3.05, 3.63) is 69.8 Å². The van der Waals surface area contributed by atoms with Crippen LogP contribution in [0, 0.1) is 28.9 Å². The summed E-state index contributed by atoms with van der Waals surface area (Å²) in [5.74, 6) is -0.00498. The van der Waals surface area contributed by atoms with Gasteiger partial charge in [-0.2, -0.15) is 5.26 Å². The van der Waals surface area contributed by atoms with Crippen molar-refractivity contribution in [3.8, 4) is 34.2 Å². The first-order valence-corrected chi connectivity index (χ1v) is 13.4. The van der Waals surface area contributed by atoms with Crippen molar-refractivity contribution >= 4 is 0 Å². The molecule has 1 unspecified atom stereocenters. The normalized spacial score (nSPS) is 11.5. The number of benzene rings is 2. The second kappa shape index (κ2) is 14.4. The topological polar surface area (TPSA) is 67.9 Å². The highest BCUT2D eigenvalue weighted by Gasteiger charge is 2.24. The van der Waals surface area contributed by atoms with Gasteiger partial charge in [0.1, 0.15) is 17.7 Å². The van der Waals surface area contributed by atoms with E-state index in [1.807, 2.05) is 19.9 Å². The number of nitrogens with zero attached hydrogens (tertiary/aromatic N) is 3. The summed E-state index contributed by atoms with van der Waals surface area (Å²) in [7, 11) is 3.05. The van der Waals surface area contributed by atoms with Crippen LogP contribution in [-0.4, -0.2) is 16.7 Å². The van der Waals surface area contributed by atoms with Gasteiger partial charge in [0.25, 0.3) is 5.56 Å². The van der Waals surface area contributed by atoms with Crippen molar-refractivity contribution in [1.82, 2.24) is 9.55 Å². The summed E-state index contributed by atoms with van der Waals surface area (Å²) in [5, 5.41) is 9.16. The summed E-state index contributed by atoms with van der Waals surface area (Å²) in [6.07, 6.45) is 4.74. The predicted molar refractivity (Wildman–Crippen MR) is 149 cm³/mol. The molecule has 38 heavy (non-hydrogen) atoms. The zero-order chi connectivity index (χ0) is 28.4. The molecule has 0 spiro atoms. The minimum absolute atomic E-state index is 0.0510. The number of nitriles is 1. The average Bonchev–Trinajstić information content (AvgIpc) is 2.90. The molecule has 1 aromatic heterocycles. The summed E-state index contributed by atoms with van der Waals surface area (Å²) in [6, 6.07) is 10.2. The minimum Gasteiger partial charge on any atom is -0.494 e. The van der Waals surface area contributed by atoms with Crippen LogP contribution in [0.2, 0.25) is 0 Å². The number of hydrogen-bond acceptors (Lipinski definition) is 4. The van der Waals surface area contributed by atoms with Gasteiger partial charge in [-0.3, -0.25) is 9.36 Å². The third-order valence-electron chi connectivity index (χ3n) is 6.47. The molecule has 0 saturated carbocycles. The maximum atomic E-state index is 14.6. The molecule has 0 fully saturated rings. The standard InChI is InChI=1S/C29H33F2N3O2.C2H6/c1-6-8-19(10-7-9-18(2)3)28-33-27(21-11-12-22(17-32)23(30)16-21)26(29(35)34(28)4)20-13-14-25(36-5)24(31)15-20;1-2/h11-16,18-19H,6-10H2,1-5H3;1-2H3. The third kappa shape index (κ3) is 7.06. The largest absolute Gasteiger partial charge is 0.494 e. The Balaban J connectivity index is 0.00000247. The van der Waals surface area contributed by atoms with Crippen molar-refractivity contribution in [2.75, 3.05) is 7.11 Å². The van der Waals surface area contributed by atoms with E-state index >= 15 is 0 Å². The number of methoxy groups -OCH3 is 1. The monoisotopic (exact) mass is 523 g/mol. The number of rotatable bonds is 10. The molecule has 2 aromatic carbocycles. The number of ether oxygens (including phenoxy) is 1. The van der Waals surface area contributed by atoms with Crippen LogP contribution in [0.15, 0.2) is 41.2 Å². The van der Waals surface area contributed by atoms with Gasteiger partial charge in [-0.1, -0.05) is 66.0 Å². The fourth-order valence-electron chi connectivity index (χ4n) is 4.55. The van der Waals surface area contributed by atoms with Crippen molar-refractivity contribution < 1.29 is 13.5 Å². The van der Waals surface area contributed by atoms with E-state index in [0.29, 0.717) is 22.9 Å². The molecule has 3 aromatic rings. The van der Waals surface area contributed by atoms with Crippen LogP contribution >= 0.6 is 0 Å². The predicted octanol–water partition coefficient (Wildman–Crippen LogP) is 8.01. The van der Waals surface area contributed by atoms with Gasteiger partial charge in [0.2, 0.25) is 0 Å². The molecule has 1 atom stereocenters. The Morgan fingerprint density at radius 1 is 1.03 bits per heavy atom. The van der Waals surface area contributed by atoms with E-state index in [2.05, 4.69) is 20.8 Å². The molecular weight excluding hydrogens is 484 g/mol. The van der Waals surface area contributed by atoms with Crippen LogP contribution in [0.5, 0.6) is 5.75 Å². The molecule has 1 heterocycles. The maximum Gasteiger partial charge on any atom is 0.261 e. The maximum absolute atomic E-state index is 14.6. The van der Waals surface area contributed by atoms with E-state index in [9.17, 15) is 13.6 Å². The molecule has 0 amide bonds. The molecule has 0 bridgehead atoms. The molecule has 0 saturated heterocycles. The van der Waals surface area contributed by atoms with E-state index in [1.54, 1.807) is 19.2 Å². The second-order valence-electron chi connectivity index (χ2n) is 9.52. The Bertz CT molecular complexity index is 1330. The van der Waals surface area contributed by atoms with Crippen LogP contribution in [0.25, 0.3) is 22.4 Å². The van der Waals surface area contributed by atoms with Gasteiger partial charge in [0.15, 0.2) is 11.6 Å². The Hall–Kier alpha value is -3.53. The quantitative estimate of drug-likeness (QED) is 0.270. The van der Waals surface area contributed by atoms with Crippen molar-refractivity contribution in [2.24, 2.45) is 13.0 Å². The van der Waals surface area contributed by atoms with Crippen LogP contribution in [0.1, 0.15) is 84.0 Å². The Morgan fingerprint density at radius 3 is 2.24 bits per heavy atom. The second-order valence-corrected chi connectivity index (χ2v) is 9.52. The molecule has 0 radical (unpaired) electrons. The molecule has 204 valence electrons. The zero-order valence-electron chi connectivity index (χ0n) is 23.6. The Kier molecular flexibility index (Phi) is 11.6. The number of aromatic nitrogens is 2. The average molecular weight is 524 g/mol. The summed E-state index contributed by atoms with van der Waals surface area (Å²) >= 11 is 0. The van der Waals surface area contributed by atoms with E-state index in [0.717, 1.165) is 32.1 Å². The first kappa shape index (κ1) is 30.7. The lowest BCUT2D eigenvalue weighted by Gasteiger charge is -2.22. The van der Waals surface area contributed by atoms with Crippen molar-refractivity contribution in [2.45, 2.75) is 72.6 Å². The van der Waals surface area contributed by atoms with Gasteiger partial charge in [0, 0.05) is 18.5 Å². The molecule has 5 nitrogen and oxygen atoms in total. The van der Waals surface area contributed by atoms with Crippen LogP contribution in [0.3, 0.4) is 0 Å². The molecule has 3 rings (SSSR count). The van der Waals surface area contributed by atoms with Gasteiger partial charge in [-0.15, -0.1) is 0 Å². The van der Waals surface area contributed by atoms with Crippen LogP contribution in [0.4, 0.5) is 8.78 Å². The third-order valence-corrected chi connectivity index (χ3v) is 6.47. The van der Waals surface area contributed by atoms with Crippen LogP contribution in [-0.2, 0) is 7.05 Å². The van der Waals surface area contributed by atoms with E-state index in [-0.39, 0.29) is 34.0 Å². The van der Waals surface area contributed by atoms with E-state index in [1.165, 1.54) is 35.9 Å². The van der Waals surface area contributed by atoms with Crippen molar-refractivity contribution in [1.29, 1.82) is 5.26 Å². The number of hydrogen-bond donors (Lipinski definition) is 0. The molecule has 0 aliphatic heterocycles. The molecule has 0 aliphatic rings. The van der Waals surface area contributed by atoms with E-state index < -0.39 is 11.6 Å². The number of halogens is 2. The molecule has 0 aliphatic carbocycles. The SMILES string of the molecule is CC.CCCC(CCCC(C)C)c1nc(-c2ccc(C#N)c(F)c2)c(-c2ccc(OC)c(F)c2)c(=O)n1C. The summed E-state index contributed by atoms with van der Waals surface area (Å²) in [6.45, 7) is 10.5. The highest BCUT2D eigenvalue weighted by molar-refractivity contribution is 5.80. The molecule has 0 N–H and O–H groups in total. The first-order valence-electron chi connectivity index (χ1n) is 13.4. The molecular formula is C31H39F2N3O2. The minimum atomic E-state index is -0.701. The fourth-order valence-corrected chi connectivity index (χ4v) is 4.55. The van der Waals surface area contributed by atoms with Gasteiger partial charge in [0.05, 0.1) is 23.9 Å². The van der Waals surface area contributed by atoms with Gasteiger partial charge < -0.3 is 4.74 Å². The zero-order valence-corrected chi connectivity index (χ0v) is 23.6. The van der Waals surface area contributed by atoms with E-state index in [4.69, 9.17) is 15.0 Å². The Morgan fingerprint density at radius 2 is 1.68 bits per heavy atom. The highest BCUT2D eigenvalue weighted by Crippen LogP contribution is 2.34. The lowest BCUT2D eigenvalue weighted by Crippen LogP contribution is -2.27. The fraction of sp³-hybridized carbons (Fsp3) is 0.452. The van der Waals surface area contributed by atoms with Crippen molar-refractivity contribution in [3.63, 3.8) is 0 Å². The summed E-state index contributed by atoms with van der Waals surface area (Å²) < 4.78 is 35.8. The molecule has 7 heteroatoms. The van der Waals surface area contributed by atoms with Crippen LogP contribution < -0.4 is 10.3 Å². The summed E-state index contributed by atoms with van der Waals surface area (Å²) in [5.41, 5.74) is 0.677. The van der Waals surface area contributed by atoms with Gasteiger partial charge in [-0.05, 0) is 48.6 Å².